The number of aromatic hydroxyl groups is 3. The first kappa shape index (κ1) is 15.9. The highest BCUT2D eigenvalue weighted by Gasteiger charge is 1.97. The smallest absolute Gasteiger partial charge is 0.157 e. The molecule has 2 aromatic rings. The SMILES string of the molecule is CCc1ccc(O)c(O)c1.NCCc1cccc(O)c1. The van der Waals surface area contributed by atoms with Crippen molar-refractivity contribution in [3.63, 3.8) is 0 Å². The zero-order valence-electron chi connectivity index (χ0n) is 11.6. The van der Waals surface area contributed by atoms with E-state index in [9.17, 15) is 0 Å². The standard InChI is InChI=1S/C8H11NO.C8H10O2/c9-5-4-7-2-1-3-8(10)6-7;1-2-6-3-4-7(9)8(10)5-6/h1-3,6,10H,4-5,9H2;3-5,9-10H,2H2,1H3. The maximum absolute atomic E-state index is 9.00. The van der Waals surface area contributed by atoms with Crippen LogP contribution in [0, 0.1) is 0 Å². The van der Waals surface area contributed by atoms with Gasteiger partial charge in [-0.2, -0.15) is 0 Å². The van der Waals surface area contributed by atoms with Crippen LogP contribution >= 0.6 is 0 Å². The summed E-state index contributed by atoms with van der Waals surface area (Å²) in [6, 6.07) is 12.0. The molecule has 0 fully saturated rings. The van der Waals surface area contributed by atoms with Crippen molar-refractivity contribution < 1.29 is 15.3 Å². The van der Waals surface area contributed by atoms with Crippen LogP contribution in [0.3, 0.4) is 0 Å². The van der Waals surface area contributed by atoms with E-state index < -0.39 is 0 Å². The Bertz CT molecular complexity index is 541. The Labute approximate surface area is 119 Å². The van der Waals surface area contributed by atoms with E-state index in [-0.39, 0.29) is 11.5 Å². The molecule has 0 saturated carbocycles. The van der Waals surface area contributed by atoms with Crippen molar-refractivity contribution in [2.45, 2.75) is 19.8 Å². The normalized spacial score (nSPS) is 9.70. The van der Waals surface area contributed by atoms with Gasteiger partial charge in [0.1, 0.15) is 5.75 Å². The number of benzene rings is 2. The third kappa shape index (κ3) is 5.20. The zero-order chi connectivity index (χ0) is 15.0. The Kier molecular flexibility index (Phi) is 6.40. The molecule has 4 heteroatoms. The number of aryl methyl sites for hydroxylation is 1. The maximum atomic E-state index is 9.00. The van der Waals surface area contributed by atoms with Crippen molar-refractivity contribution in [2.24, 2.45) is 5.73 Å². The van der Waals surface area contributed by atoms with E-state index in [0.29, 0.717) is 12.3 Å². The van der Waals surface area contributed by atoms with Gasteiger partial charge in [-0.3, -0.25) is 0 Å². The van der Waals surface area contributed by atoms with Crippen molar-refractivity contribution in [3.8, 4) is 17.2 Å². The fourth-order valence-corrected chi connectivity index (χ4v) is 1.67. The number of phenols is 3. The van der Waals surface area contributed by atoms with E-state index in [1.807, 2.05) is 19.1 Å². The molecular formula is C16H21NO3. The second kappa shape index (κ2) is 8.07. The fourth-order valence-electron chi connectivity index (χ4n) is 1.67. The molecule has 4 nitrogen and oxygen atoms in total. The Morgan fingerprint density at radius 2 is 1.65 bits per heavy atom. The fraction of sp³-hybridized carbons (Fsp3) is 0.250. The van der Waals surface area contributed by atoms with Crippen LogP contribution in [0.15, 0.2) is 42.5 Å². The topological polar surface area (TPSA) is 86.7 Å². The summed E-state index contributed by atoms with van der Waals surface area (Å²) in [5.41, 5.74) is 7.44. The lowest BCUT2D eigenvalue weighted by molar-refractivity contribution is 0.403. The van der Waals surface area contributed by atoms with Gasteiger partial charge in [-0.25, -0.2) is 0 Å². The molecule has 5 N–H and O–H groups in total. The highest BCUT2D eigenvalue weighted by Crippen LogP contribution is 2.24. The van der Waals surface area contributed by atoms with Gasteiger partial charge in [0.05, 0.1) is 0 Å². The van der Waals surface area contributed by atoms with Gasteiger partial charge in [0.2, 0.25) is 0 Å². The molecule has 0 atom stereocenters. The summed E-state index contributed by atoms with van der Waals surface area (Å²) in [6.07, 6.45) is 1.70. The lowest BCUT2D eigenvalue weighted by Crippen LogP contribution is -2.01. The van der Waals surface area contributed by atoms with E-state index in [1.165, 1.54) is 6.07 Å². The molecule has 0 radical (unpaired) electrons. The molecule has 0 aliphatic carbocycles. The Balaban J connectivity index is 0.000000200. The number of phenolic OH excluding ortho intramolecular Hbond substituents is 3. The minimum Gasteiger partial charge on any atom is -0.508 e. The van der Waals surface area contributed by atoms with Crippen LogP contribution in [0.4, 0.5) is 0 Å². The van der Waals surface area contributed by atoms with Crippen LogP contribution in [0.25, 0.3) is 0 Å². The highest BCUT2D eigenvalue weighted by atomic mass is 16.3. The summed E-state index contributed by atoms with van der Waals surface area (Å²) in [4.78, 5) is 0. The number of hydrogen-bond donors (Lipinski definition) is 4. The highest BCUT2D eigenvalue weighted by molar-refractivity contribution is 5.40. The molecule has 0 bridgehead atoms. The van der Waals surface area contributed by atoms with Crippen molar-refractivity contribution in [1.82, 2.24) is 0 Å². The molecule has 0 aromatic heterocycles. The van der Waals surface area contributed by atoms with Gasteiger partial charge in [0, 0.05) is 0 Å². The average molecular weight is 275 g/mol. The van der Waals surface area contributed by atoms with Gasteiger partial charge >= 0.3 is 0 Å². The van der Waals surface area contributed by atoms with Crippen LogP contribution in [-0.2, 0) is 12.8 Å². The molecule has 0 unspecified atom stereocenters. The summed E-state index contributed by atoms with van der Waals surface area (Å²) < 4.78 is 0. The van der Waals surface area contributed by atoms with Crippen molar-refractivity contribution >= 4 is 0 Å². The summed E-state index contributed by atoms with van der Waals surface area (Å²) >= 11 is 0. The predicted molar refractivity (Wildman–Crippen MR) is 80.0 cm³/mol. The Hall–Kier alpha value is -2.20. The third-order valence-corrected chi connectivity index (χ3v) is 2.79. The van der Waals surface area contributed by atoms with Crippen LogP contribution < -0.4 is 5.73 Å². The van der Waals surface area contributed by atoms with Crippen LogP contribution in [0.2, 0.25) is 0 Å². The van der Waals surface area contributed by atoms with E-state index in [4.69, 9.17) is 21.1 Å². The molecule has 0 spiro atoms. The van der Waals surface area contributed by atoms with Gasteiger partial charge in [-0.15, -0.1) is 0 Å². The minimum absolute atomic E-state index is 0.0423. The molecule has 108 valence electrons. The third-order valence-electron chi connectivity index (χ3n) is 2.79. The molecule has 0 aliphatic rings. The molecule has 20 heavy (non-hydrogen) atoms. The number of rotatable bonds is 3. The number of hydrogen-bond acceptors (Lipinski definition) is 4. The molecule has 0 heterocycles. The molecular weight excluding hydrogens is 254 g/mol. The van der Waals surface area contributed by atoms with Gasteiger partial charge in [0.15, 0.2) is 11.5 Å². The first-order chi connectivity index (χ1) is 9.56. The zero-order valence-corrected chi connectivity index (χ0v) is 11.6. The first-order valence-corrected chi connectivity index (χ1v) is 6.55. The van der Waals surface area contributed by atoms with E-state index in [1.54, 1.807) is 24.3 Å². The minimum atomic E-state index is -0.0581. The monoisotopic (exact) mass is 275 g/mol. The predicted octanol–water partition coefficient (Wildman–Crippen LogP) is 2.55. The quantitative estimate of drug-likeness (QED) is 0.648. The van der Waals surface area contributed by atoms with Crippen LogP contribution in [-0.4, -0.2) is 21.9 Å². The van der Waals surface area contributed by atoms with Gasteiger partial charge in [0.25, 0.3) is 0 Å². The average Bonchev–Trinajstić information content (AvgIpc) is 2.43. The summed E-state index contributed by atoms with van der Waals surface area (Å²) in [5.74, 6) is 0.211. The van der Waals surface area contributed by atoms with Crippen molar-refractivity contribution in [1.29, 1.82) is 0 Å². The van der Waals surface area contributed by atoms with Crippen LogP contribution in [0.5, 0.6) is 17.2 Å². The molecule has 2 rings (SSSR count). The van der Waals surface area contributed by atoms with Gasteiger partial charge < -0.3 is 21.1 Å². The first-order valence-electron chi connectivity index (χ1n) is 6.55. The van der Waals surface area contributed by atoms with Gasteiger partial charge in [-0.05, 0) is 54.8 Å². The maximum Gasteiger partial charge on any atom is 0.157 e. The van der Waals surface area contributed by atoms with Crippen LogP contribution in [0.1, 0.15) is 18.1 Å². The lowest BCUT2D eigenvalue weighted by Gasteiger charge is -1.98. The molecule has 2 aromatic carbocycles. The molecule has 0 saturated heterocycles. The van der Waals surface area contributed by atoms with Crippen molar-refractivity contribution in [3.05, 3.63) is 53.6 Å². The summed E-state index contributed by atoms with van der Waals surface area (Å²) in [6.45, 7) is 2.62. The number of nitrogens with two attached hydrogens (primary N) is 1. The lowest BCUT2D eigenvalue weighted by atomic mass is 10.1. The van der Waals surface area contributed by atoms with E-state index >= 15 is 0 Å². The van der Waals surface area contributed by atoms with Crippen molar-refractivity contribution in [2.75, 3.05) is 6.54 Å². The largest absolute Gasteiger partial charge is 0.508 e. The molecule has 0 aliphatic heterocycles. The van der Waals surface area contributed by atoms with Gasteiger partial charge in [-0.1, -0.05) is 25.1 Å². The molecule has 0 amide bonds. The second-order valence-electron chi connectivity index (χ2n) is 4.39. The summed E-state index contributed by atoms with van der Waals surface area (Å²) in [7, 11) is 0. The van der Waals surface area contributed by atoms with E-state index in [0.717, 1.165) is 24.0 Å². The van der Waals surface area contributed by atoms with E-state index in [2.05, 4.69) is 0 Å². The summed E-state index contributed by atoms with van der Waals surface area (Å²) in [5, 5.41) is 26.9. The Morgan fingerprint density at radius 3 is 2.20 bits per heavy atom. The second-order valence-corrected chi connectivity index (χ2v) is 4.39. The Morgan fingerprint density at radius 1 is 0.900 bits per heavy atom.